The molecule has 2 fully saturated rings. The van der Waals surface area contributed by atoms with Gasteiger partial charge in [-0.25, -0.2) is 0 Å². The summed E-state index contributed by atoms with van der Waals surface area (Å²) < 4.78 is 0. The van der Waals surface area contributed by atoms with Crippen LogP contribution in [0.3, 0.4) is 0 Å². The normalized spacial score (nSPS) is 18.4. The second kappa shape index (κ2) is 10.8. The maximum atomic E-state index is 12.7. The van der Waals surface area contributed by atoms with Gasteiger partial charge in [0.25, 0.3) is 0 Å². The summed E-state index contributed by atoms with van der Waals surface area (Å²) in [6.07, 6.45) is 4.40. The predicted molar refractivity (Wildman–Crippen MR) is 127 cm³/mol. The molecule has 2 aliphatic rings. The molecule has 0 atom stereocenters. The van der Waals surface area contributed by atoms with Crippen LogP contribution in [-0.4, -0.2) is 41.9 Å². The summed E-state index contributed by atoms with van der Waals surface area (Å²) in [4.78, 5) is 17.6. The molecule has 4 nitrogen and oxygen atoms in total. The molecule has 1 amide bonds. The van der Waals surface area contributed by atoms with Crippen molar-refractivity contribution in [1.82, 2.24) is 15.1 Å². The summed E-state index contributed by atoms with van der Waals surface area (Å²) in [7, 11) is 0. The second-order valence-electron chi connectivity index (χ2n) is 8.82. The van der Waals surface area contributed by atoms with Gasteiger partial charge < -0.3 is 5.32 Å². The van der Waals surface area contributed by atoms with Crippen molar-refractivity contribution in [3.05, 3.63) is 69.2 Å². The lowest BCUT2D eigenvalue weighted by Gasteiger charge is -2.31. The fourth-order valence-electron chi connectivity index (χ4n) is 4.62. The number of rotatable bonds is 7. The molecule has 31 heavy (non-hydrogen) atoms. The van der Waals surface area contributed by atoms with Crippen LogP contribution in [-0.2, 0) is 24.4 Å². The summed E-state index contributed by atoms with van der Waals surface area (Å²) in [5.74, 6) is 0.275. The topological polar surface area (TPSA) is 35.6 Å². The van der Waals surface area contributed by atoms with Crippen molar-refractivity contribution < 1.29 is 4.79 Å². The fourth-order valence-corrected chi connectivity index (χ4v) is 4.94. The molecule has 2 heterocycles. The monoisotopic (exact) mass is 459 g/mol. The molecule has 0 bridgehead atoms. The Morgan fingerprint density at radius 2 is 1.48 bits per heavy atom. The van der Waals surface area contributed by atoms with E-state index in [-0.39, 0.29) is 11.8 Å². The summed E-state index contributed by atoms with van der Waals surface area (Å²) in [5, 5.41) is 4.35. The van der Waals surface area contributed by atoms with Crippen LogP contribution in [0, 0.1) is 5.92 Å². The van der Waals surface area contributed by atoms with Crippen LogP contribution in [0.2, 0.25) is 10.0 Å². The van der Waals surface area contributed by atoms with Crippen molar-refractivity contribution >= 4 is 29.1 Å². The smallest absolute Gasteiger partial charge is 0.223 e. The Bertz CT molecular complexity index is 890. The van der Waals surface area contributed by atoms with Crippen LogP contribution in [0.5, 0.6) is 0 Å². The van der Waals surface area contributed by atoms with Gasteiger partial charge in [0, 0.05) is 25.6 Å². The molecule has 4 rings (SSSR count). The van der Waals surface area contributed by atoms with Crippen LogP contribution >= 0.6 is 23.2 Å². The first kappa shape index (κ1) is 22.6. The average molecular weight is 460 g/mol. The molecule has 0 aliphatic carbocycles. The standard InChI is InChI=1S/C25H31Cl2N3O/c26-23-7-6-21(15-24(23)27)18-30-12-8-22(9-13-30)25(31)28-16-19-4-3-5-20(14-19)17-29-10-1-2-11-29/h3-7,14-15,22H,1-2,8-13,16-18H2,(H,28,31). The third-order valence-corrected chi connectivity index (χ3v) is 7.15. The number of likely N-dealkylation sites (tertiary alicyclic amines) is 2. The Hall–Kier alpha value is -1.59. The van der Waals surface area contributed by atoms with E-state index in [1.165, 1.54) is 37.1 Å². The zero-order valence-electron chi connectivity index (χ0n) is 18.0. The minimum atomic E-state index is 0.0952. The third-order valence-electron chi connectivity index (χ3n) is 6.41. The van der Waals surface area contributed by atoms with Gasteiger partial charge in [0.1, 0.15) is 0 Å². The van der Waals surface area contributed by atoms with E-state index in [0.717, 1.165) is 44.6 Å². The highest BCUT2D eigenvalue weighted by Gasteiger charge is 2.25. The molecule has 0 spiro atoms. The Kier molecular flexibility index (Phi) is 7.89. The number of nitrogens with zero attached hydrogens (tertiary/aromatic N) is 2. The van der Waals surface area contributed by atoms with Crippen molar-refractivity contribution in [1.29, 1.82) is 0 Å². The van der Waals surface area contributed by atoms with E-state index in [4.69, 9.17) is 23.2 Å². The molecule has 166 valence electrons. The van der Waals surface area contributed by atoms with E-state index in [1.807, 2.05) is 18.2 Å². The number of amides is 1. The molecule has 0 radical (unpaired) electrons. The molecule has 1 N–H and O–H groups in total. The van der Waals surface area contributed by atoms with E-state index in [1.54, 1.807) is 0 Å². The molecule has 2 aromatic carbocycles. The highest BCUT2D eigenvalue weighted by molar-refractivity contribution is 6.42. The minimum absolute atomic E-state index is 0.0952. The minimum Gasteiger partial charge on any atom is -0.352 e. The van der Waals surface area contributed by atoms with Crippen molar-refractivity contribution in [3.63, 3.8) is 0 Å². The lowest BCUT2D eigenvalue weighted by Crippen LogP contribution is -2.40. The maximum Gasteiger partial charge on any atom is 0.223 e. The Labute approximate surface area is 195 Å². The van der Waals surface area contributed by atoms with Gasteiger partial charge >= 0.3 is 0 Å². The SMILES string of the molecule is O=C(NCc1cccc(CN2CCCC2)c1)C1CCN(Cc2ccc(Cl)c(Cl)c2)CC1. The van der Waals surface area contributed by atoms with Crippen molar-refractivity contribution in [2.24, 2.45) is 5.92 Å². The molecule has 0 saturated carbocycles. The number of carbonyl (C=O) groups excluding carboxylic acids is 1. The van der Waals surface area contributed by atoms with Gasteiger partial charge in [0.05, 0.1) is 10.0 Å². The van der Waals surface area contributed by atoms with Crippen molar-refractivity contribution in [3.8, 4) is 0 Å². The maximum absolute atomic E-state index is 12.7. The Balaban J connectivity index is 1.21. The predicted octanol–water partition coefficient (Wildman–Crippen LogP) is 5.12. The van der Waals surface area contributed by atoms with Gasteiger partial charge in [-0.15, -0.1) is 0 Å². The van der Waals surface area contributed by atoms with Crippen LogP contribution in [0.4, 0.5) is 0 Å². The Morgan fingerprint density at radius 3 is 2.19 bits per heavy atom. The lowest BCUT2D eigenvalue weighted by atomic mass is 9.95. The number of benzene rings is 2. The average Bonchev–Trinajstić information content (AvgIpc) is 3.28. The van der Waals surface area contributed by atoms with E-state index in [0.29, 0.717) is 16.6 Å². The number of halogens is 2. The van der Waals surface area contributed by atoms with E-state index >= 15 is 0 Å². The number of carbonyl (C=O) groups is 1. The summed E-state index contributed by atoms with van der Waals surface area (Å²) in [5.41, 5.74) is 3.68. The number of hydrogen-bond donors (Lipinski definition) is 1. The second-order valence-corrected chi connectivity index (χ2v) is 9.63. The van der Waals surface area contributed by atoms with Crippen LogP contribution in [0.1, 0.15) is 42.4 Å². The van der Waals surface area contributed by atoms with Crippen LogP contribution in [0.25, 0.3) is 0 Å². The molecular weight excluding hydrogens is 429 g/mol. The molecule has 0 aromatic heterocycles. The van der Waals surface area contributed by atoms with Crippen LogP contribution < -0.4 is 5.32 Å². The van der Waals surface area contributed by atoms with Gasteiger partial charge in [-0.1, -0.05) is 53.5 Å². The van der Waals surface area contributed by atoms with Crippen LogP contribution in [0.15, 0.2) is 42.5 Å². The zero-order valence-corrected chi connectivity index (χ0v) is 19.5. The first-order valence-electron chi connectivity index (χ1n) is 11.3. The quantitative estimate of drug-likeness (QED) is 0.623. The largest absolute Gasteiger partial charge is 0.352 e. The summed E-state index contributed by atoms with van der Waals surface area (Å²) in [6, 6.07) is 14.4. The zero-order chi connectivity index (χ0) is 21.6. The molecule has 6 heteroatoms. The van der Waals surface area contributed by atoms with E-state index < -0.39 is 0 Å². The highest BCUT2D eigenvalue weighted by Crippen LogP contribution is 2.25. The number of nitrogens with one attached hydrogen (secondary N) is 1. The first-order chi connectivity index (χ1) is 15.1. The van der Waals surface area contributed by atoms with Crippen molar-refractivity contribution in [2.75, 3.05) is 26.2 Å². The number of piperidine rings is 1. The van der Waals surface area contributed by atoms with Gasteiger partial charge in [-0.3, -0.25) is 14.6 Å². The fraction of sp³-hybridized carbons (Fsp3) is 0.480. The summed E-state index contributed by atoms with van der Waals surface area (Å²) in [6.45, 7) is 6.70. The van der Waals surface area contributed by atoms with E-state index in [2.05, 4.69) is 39.4 Å². The third kappa shape index (κ3) is 6.45. The molecule has 2 aromatic rings. The summed E-state index contributed by atoms with van der Waals surface area (Å²) >= 11 is 12.1. The molecule has 2 saturated heterocycles. The molecule has 0 unspecified atom stereocenters. The van der Waals surface area contributed by atoms with Gasteiger partial charge in [-0.2, -0.15) is 0 Å². The molecular formula is C25H31Cl2N3O. The number of hydrogen-bond acceptors (Lipinski definition) is 3. The Morgan fingerprint density at radius 1 is 0.839 bits per heavy atom. The molecule has 2 aliphatic heterocycles. The highest BCUT2D eigenvalue weighted by atomic mass is 35.5. The van der Waals surface area contributed by atoms with Gasteiger partial charge in [-0.05, 0) is 80.7 Å². The first-order valence-corrected chi connectivity index (χ1v) is 12.1. The lowest BCUT2D eigenvalue weighted by molar-refractivity contribution is -0.126. The van der Waals surface area contributed by atoms with Crippen molar-refractivity contribution in [2.45, 2.75) is 45.3 Å². The van der Waals surface area contributed by atoms with Gasteiger partial charge in [0.2, 0.25) is 5.91 Å². The van der Waals surface area contributed by atoms with E-state index in [9.17, 15) is 4.79 Å². The van der Waals surface area contributed by atoms with Gasteiger partial charge in [0.15, 0.2) is 0 Å².